The number of likely N-dealkylation sites (N-methyl/N-ethyl adjacent to an activating group) is 1. The number of carbonyl (C=O) groups excluding carboxylic acids is 2. The van der Waals surface area contributed by atoms with Gasteiger partial charge in [0.05, 0.1) is 5.56 Å². The summed E-state index contributed by atoms with van der Waals surface area (Å²) < 4.78 is 5.56. The van der Waals surface area contributed by atoms with E-state index in [9.17, 15) is 9.59 Å². The molecule has 0 aliphatic carbocycles. The fourth-order valence-electron chi connectivity index (χ4n) is 3.51. The quantitative estimate of drug-likeness (QED) is 0.660. The molecule has 0 spiro atoms. The Morgan fingerprint density at radius 2 is 1.69 bits per heavy atom. The summed E-state index contributed by atoms with van der Waals surface area (Å²) >= 11 is 0. The van der Waals surface area contributed by atoms with Crippen molar-refractivity contribution in [2.75, 3.05) is 11.9 Å². The van der Waals surface area contributed by atoms with E-state index in [1.807, 2.05) is 54.6 Å². The summed E-state index contributed by atoms with van der Waals surface area (Å²) in [5.41, 5.74) is 0.925. The smallest absolute Gasteiger partial charge is 0.339 e. The highest BCUT2D eigenvalue weighted by atomic mass is 16.6. The predicted molar refractivity (Wildman–Crippen MR) is 101 cm³/mol. The molecule has 0 bridgehead atoms. The average Bonchev–Trinajstić information content (AvgIpc) is 2.66. The van der Waals surface area contributed by atoms with Gasteiger partial charge >= 0.3 is 5.97 Å². The highest BCUT2D eigenvalue weighted by Gasteiger charge is 2.44. The molecule has 4 nitrogen and oxygen atoms in total. The van der Waals surface area contributed by atoms with Crippen molar-refractivity contribution < 1.29 is 14.3 Å². The second-order valence-corrected chi connectivity index (χ2v) is 6.85. The highest BCUT2D eigenvalue weighted by molar-refractivity contribution is 6.04. The Bertz CT molecular complexity index is 1030. The number of fused-ring (bicyclic) bond motifs is 2. The maximum Gasteiger partial charge on any atom is 0.339 e. The molecule has 3 aromatic rings. The van der Waals surface area contributed by atoms with E-state index >= 15 is 0 Å². The number of carbonyl (C=O) groups is 2. The van der Waals surface area contributed by atoms with Crippen LogP contribution in [0.3, 0.4) is 0 Å². The molecule has 26 heavy (non-hydrogen) atoms. The van der Waals surface area contributed by atoms with E-state index in [0.29, 0.717) is 12.0 Å². The fourth-order valence-corrected chi connectivity index (χ4v) is 3.51. The summed E-state index contributed by atoms with van der Waals surface area (Å²) in [6, 6.07) is 21.1. The standard InChI is InChI=1S/C22H19NO3/c1-22(14-17-9-5-6-10-19(17)20(24)26-22)21(25)23(2)18-12-11-15-7-3-4-8-16(15)13-18/h3-13H,14H2,1-2H3. The second kappa shape index (κ2) is 5.99. The zero-order valence-electron chi connectivity index (χ0n) is 14.7. The molecule has 130 valence electrons. The molecule has 0 fully saturated rings. The summed E-state index contributed by atoms with van der Waals surface area (Å²) in [7, 11) is 1.71. The topological polar surface area (TPSA) is 46.6 Å². The van der Waals surface area contributed by atoms with Crippen LogP contribution in [-0.4, -0.2) is 24.5 Å². The number of ether oxygens (including phenoxy) is 1. The zero-order valence-corrected chi connectivity index (χ0v) is 14.7. The first-order valence-electron chi connectivity index (χ1n) is 8.56. The van der Waals surface area contributed by atoms with Crippen LogP contribution in [0.25, 0.3) is 10.8 Å². The Hall–Kier alpha value is -3.14. The van der Waals surface area contributed by atoms with E-state index in [0.717, 1.165) is 22.0 Å². The molecule has 0 N–H and O–H groups in total. The van der Waals surface area contributed by atoms with Crippen LogP contribution in [0, 0.1) is 0 Å². The van der Waals surface area contributed by atoms with Crippen LogP contribution in [0.4, 0.5) is 5.69 Å². The van der Waals surface area contributed by atoms with Gasteiger partial charge in [0, 0.05) is 19.2 Å². The molecule has 1 amide bonds. The van der Waals surface area contributed by atoms with Gasteiger partial charge in [-0.1, -0.05) is 48.5 Å². The van der Waals surface area contributed by atoms with Gasteiger partial charge in [-0.15, -0.1) is 0 Å². The van der Waals surface area contributed by atoms with Gasteiger partial charge in [0.25, 0.3) is 5.91 Å². The van der Waals surface area contributed by atoms with Crippen molar-refractivity contribution in [1.82, 2.24) is 0 Å². The fraction of sp³-hybridized carbons (Fsp3) is 0.182. The van der Waals surface area contributed by atoms with Gasteiger partial charge in [-0.2, -0.15) is 0 Å². The third-order valence-electron chi connectivity index (χ3n) is 4.96. The second-order valence-electron chi connectivity index (χ2n) is 6.85. The molecule has 0 aromatic heterocycles. The van der Waals surface area contributed by atoms with Crippen molar-refractivity contribution in [1.29, 1.82) is 0 Å². The minimum Gasteiger partial charge on any atom is -0.445 e. The van der Waals surface area contributed by atoms with Crippen LogP contribution >= 0.6 is 0 Å². The molecular formula is C22H19NO3. The molecule has 1 aliphatic rings. The molecule has 1 aliphatic heterocycles. The molecule has 0 saturated carbocycles. The highest BCUT2D eigenvalue weighted by Crippen LogP contribution is 2.31. The van der Waals surface area contributed by atoms with Crippen LogP contribution in [-0.2, 0) is 16.0 Å². The van der Waals surface area contributed by atoms with Gasteiger partial charge in [0.1, 0.15) is 0 Å². The summed E-state index contributed by atoms with van der Waals surface area (Å²) in [6.07, 6.45) is 0.367. The minimum atomic E-state index is -1.22. The Labute approximate surface area is 152 Å². The van der Waals surface area contributed by atoms with E-state index in [1.165, 1.54) is 0 Å². The number of rotatable bonds is 2. The molecule has 4 heteroatoms. The largest absolute Gasteiger partial charge is 0.445 e. The van der Waals surface area contributed by atoms with Crippen LogP contribution in [0.1, 0.15) is 22.8 Å². The van der Waals surface area contributed by atoms with Crippen LogP contribution in [0.15, 0.2) is 66.7 Å². The van der Waals surface area contributed by atoms with Crippen molar-refractivity contribution in [2.45, 2.75) is 18.9 Å². The third kappa shape index (κ3) is 2.64. The van der Waals surface area contributed by atoms with Crippen molar-refractivity contribution in [3.8, 4) is 0 Å². The molecule has 4 rings (SSSR count). The maximum absolute atomic E-state index is 13.2. The Kier molecular flexibility index (Phi) is 3.76. The van der Waals surface area contributed by atoms with E-state index in [1.54, 1.807) is 31.0 Å². The van der Waals surface area contributed by atoms with Gasteiger partial charge in [-0.25, -0.2) is 4.79 Å². The number of hydrogen-bond donors (Lipinski definition) is 0. The first kappa shape index (κ1) is 16.3. The minimum absolute atomic E-state index is 0.240. The lowest BCUT2D eigenvalue weighted by Crippen LogP contribution is -2.52. The Morgan fingerprint density at radius 1 is 1.00 bits per heavy atom. The first-order valence-corrected chi connectivity index (χ1v) is 8.56. The SMILES string of the molecule is CN(C(=O)C1(C)Cc2ccccc2C(=O)O1)c1ccc2ccccc2c1. The summed E-state index contributed by atoms with van der Waals surface area (Å²) in [4.78, 5) is 27.1. The van der Waals surface area contributed by atoms with Crippen molar-refractivity contribution in [2.24, 2.45) is 0 Å². The maximum atomic E-state index is 13.2. The predicted octanol–water partition coefficient (Wildman–Crippen LogP) is 3.97. The van der Waals surface area contributed by atoms with Crippen LogP contribution in [0.5, 0.6) is 0 Å². The number of cyclic esters (lactones) is 1. The number of amides is 1. The van der Waals surface area contributed by atoms with Crippen LogP contribution < -0.4 is 4.90 Å². The van der Waals surface area contributed by atoms with Crippen molar-refractivity contribution in [3.05, 3.63) is 77.9 Å². The summed E-state index contributed by atoms with van der Waals surface area (Å²) in [5, 5.41) is 2.17. The van der Waals surface area contributed by atoms with E-state index < -0.39 is 11.6 Å². The summed E-state index contributed by atoms with van der Waals surface area (Å²) in [6.45, 7) is 1.68. The lowest BCUT2D eigenvalue weighted by Gasteiger charge is -2.36. The van der Waals surface area contributed by atoms with Crippen LogP contribution in [0.2, 0.25) is 0 Å². The van der Waals surface area contributed by atoms with Crippen molar-refractivity contribution >= 4 is 28.3 Å². The molecule has 0 radical (unpaired) electrons. The molecule has 1 heterocycles. The number of esters is 1. The number of hydrogen-bond acceptors (Lipinski definition) is 3. The monoisotopic (exact) mass is 345 g/mol. The number of anilines is 1. The molecule has 3 aromatic carbocycles. The molecular weight excluding hydrogens is 326 g/mol. The van der Waals surface area contributed by atoms with E-state index in [-0.39, 0.29) is 5.91 Å². The number of benzene rings is 3. The third-order valence-corrected chi connectivity index (χ3v) is 4.96. The number of nitrogens with zero attached hydrogens (tertiary/aromatic N) is 1. The van der Waals surface area contributed by atoms with Gasteiger partial charge in [0.15, 0.2) is 5.60 Å². The zero-order chi connectivity index (χ0) is 18.3. The van der Waals surface area contributed by atoms with E-state index in [4.69, 9.17) is 4.74 Å². The Morgan fingerprint density at radius 3 is 2.50 bits per heavy atom. The van der Waals surface area contributed by atoms with E-state index in [2.05, 4.69) is 0 Å². The lowest BCUT2D eigenvalue weighted by molar-refractivity contribution is -0.136. The average molecular weight is 345 g/mol. The lowest BCUT2D eigenvalue weighted by atomic mass is 9.89. The Balaban J connectivity index is 1.66. The normalized spacial score (nSPS) is 18.9. The molecule has 1 atom stereocenters. The van der Waals surface area contributed by atoms with Gasteiger partial charge < -0.3 is 9.64 Å². The van der Waals surface area contributed by atoms with Crippen molar-refractivity contribution in [3.63, 3.8) is 0 Å². The van der Waals surface area contributed by atoms with Gasteiger partial charge in [-0.05, 0) is 41.5 Å². The molecule has 0 saturated heterocycles. The van der Waals surface area contributed by atoms with Gasteiger partial charge in [-0.3, -0.25) is 4.79 Å². The molecule has 1 unspecified atom stereocenters. The van der Waals surface area contributed by atoms with Gasteiger partial charge in [0.2, 0.25) is 0 Å². The first-order chi connectivity index (χ1) is 12.5. The summed E-state index contributed by atoms with van der Waals surface area (Å²) in [5.74, 6) is -0.690.